The Kier molecular flexibility index (Phi) is 4.88. The van der Waals surface area contributed by atoms with Crippen molar-refractivity contribution in [1.82, 2.24) is 0 Å². The molecule has 2 aromatic carbocycles. The molecular weight excluding hydrogens is 314 g/mol. The molecule has 0 aliphatic heterocycles. The molecule has 3 atom stereocenters. The summed E-state index contributed by atoms with van der Waals surface area (Å²) in [6.45, 7) is 5.92. The lowest BCUT2D eigenvalue weighted by molar-refractivity contribution is -0.156. The fourth-order valence-corrected chi connectivity index (χ4v) is 2.82. The number of ether oxygens (including phenoxy) is 1. The van der Waals surface area contributed by atoms with Crippen LogP contribution in [0.1, 0.15) is 36.1 Å². The number of nitrogens with one attached hydrogen (secondary N) is 1. The molecular formula is C21H23NO3. The number of benzene rings is 2. The van der Waals surface area contributed by atoms with E-state index in [1.807, 2.05) is 57.2 Å². The maximum Gasteiger partial charge on any atom is 0.310 e. The Balaban J connectivity index is 1.81. The third-order valence-electron chi connectivity index (χ3n) is 4.64. The van der Waals surface area contributed by atoms with Crippen molar-refractivity contribution in [3.63, 3.8) is 0 Å². The molecule has 1 saturated carbocycles. The van der Waals surface area contributed by atoms with Gasteiger partial charge >= 0.3 is 5.97 Å². The van der Waals surface area contributed by atoms with Crippen LogP contribution in [0.3, 0.4) is 0 Å². The predicted octanol–water partition coefficient (Wildman–Crippen LogP) is 4.18. The molecule has 1 amide bonds. The van der Waals surface area contributed by atoms with E-state index >= 15 is 0 Å². The van der Waals surface area contributed by atoms with E-state index in [1.165, 1.54) is 0 Å². The van der Waals surface area contributed by atoms with Crippen molar-refractivity contribution in [2.45, 2.75) is 33.3 Å². The second kappa shape index (κ2) is 7.09. The molecule has 0 spiro atoms. The predicted molar refractivity (Wildman–Crippen MR) is 97.1 cm³/mol. The highest BCUT2D eigenvalue weighted by atomic mass is 16.5. The molecule has 1 N–H and O–H groups in total. The monoisotopic (exact) mass is 337 g/mol. The molecule has 1 fully saturated rings. The number of hydrogen-bond donors (Lipinski definition) is 1. The normalized spacial score (nSPS) is 19.8. The number of carbonyl (C=O) groups excluding carboxylic acids is 2. The van der Waals surface area contributed by atoms with Crippen LogP contribution in [0, 0.1) is 25.7 Å². The van der Waals surface area contributed by atoms with Gasteiger partial charge in [-0.15, -0.1) is 0 Å². The number of hydrogen-bond acceptors (Lipinski definition) is 3. The minimum absolute atomic E-state index is 0.0836. The molecule has 0 radical (unpaired) electrons. The van der Waals surface area contributed by atoms with E-state index in [4.69, 9.17) is 4.74 Å². The lowest BCUT2D eigenvalue weighted by Gasteiger charge is -2.19. The van der Waals surface area contributed by atoms with Crippen LogP contribution in [-0.4, -0.2) is 11.9 Å². The number of rotatable bonds is 5. The molecule has 1 aliphatic rings. The minimum Gasteiger partial charge on any atom is -0.447 e. The van der Waals surface area contributed by atoms with Crippen LogP contribution in [0.25, 0.3) is 0 Å². The topological polar surface area (TPSA) is 55.4 Å². The van der Waals surface area contributed by atoms with E-state index in [0.717, 1.165) is 23.2 Å². The Morgan fingerprint density at radius 1 is 1.12 bits per heavy atom. The Morgan fingerprint density at radius 2 is 1.80 bits per heavy atom. The Bertz CT molecular complexity index is 785. The van der Waals surface area contributed by atoms with Gasteiger partial charge in [0.2, 0.25) is 6.10 Å². The van der Waals surface area contributed by atoms with Crippen LogP contribution < -0.4 is 5.32 Å². The molecule has 0 aromatic heterocycles. The fraction of sp³-hybridized carbons (Fsp3) is 0.333. The average Bonchev–Trinajstić information content (AvgIpc) is 3.33. The van der Waals surface area contributed by atoms with Gasteiger partial charge < -0.3 is 10.1 Å². The second-order valence-electron chi connectivity index (χ2n) is 6.85. The zero-order chi connectivity index (χ0) is 18.0. The Hall–Kier alpha value is -2.62. The summed E-state index contributed by atoms with van der Waals surface area (Å²) >= 11 is 0. The molecule has 0 saturated heterocycles. The van der Waals surface area contributed by atoms with E-state index in [9.17, 15) is 9.59 Å². The summed E-state index contributed by atoms with van der Waals surface area (Å²) in [5.74, 6) is -0.371. The van der Waals surface area contributed by atoms with Gasteiger partial charge in [0.15, 0.2) is 0 Å². The van der Waals surface area contributed by atoms with E-state index < -0.39 is 6.10 Å². The molecule has 3 unspecified atom stereocenters. The highest BCUT2D eigenvalue weighted by molar-refractivity contribution is 5.97. The number of amides is 1. The third-order valence-corrected chi connectivity index (χ3v) is 4.64. The molecule has 4 nitrogen and oxygen atoms in total. The summed E-state index contributed by atoms with van der Waals surface area (Å²) < 4.78 is 5.58. The van der Waals surface area contributed by atoms with Crippen molar-refractivity contribution in [3.8, 4) is 0 Å². The molecule has 1 aliphatic carbocycles. The van der Waals surface area contributed by atoms with Gasteiger partial charge in [-0.25, -0.2) is 0 Å². The van der Waals surface area contributed by atoms with E-state index in [2.05, 4.69) is 5.32 Å². The van der Waals surface area contributed by atoms with Crippen LogP contribution in [0.5, 0.6) is 0 Å². The number of carbonyl (C=O) groups is 2. The van der Waals surface area contributed by atoms with Crippen LogP contribution in [0.15, 0.2) is 48.5 Å². The van der Waals surface area contributed by atoms with Crippen LogP contribution in [-0.2, 0) is 14.3 Å². The SMILES string of the molecule is Cc1ccc(C)c(NC(=O)C(OC(=O)C2CC2C)c2ccccc2)c1. The van der Waals surface area contributed by atoms with E-state index in [-0.39, 0.29) is 17.8 Å². The van der Waals surface area contributed by atoms with Gasteiger partial charge in [0.1, 0.15) is 0 Å². The van der Waals surface area contributed by atoms with Gasteiger partial charge in [-0.2, -0.15) is 0 Å². The zero-order valence-corrected chi connectivity index (χ0v) is 14.8. The third kappa shape index (κ3) is 4.08. The van der Waals surface area contributed by atoms with E-state index in [1.54, 1.807) is 12.1 Å². The summed E-state index contributed by atoms with van der Waals surface area (Å²) in [7, 11) is 0. The van der Waals surface area contributed by atoms with Gasteiger partial charge in [0.05, 0.1) is 5.92 Å². The van der Waals surface area contributed by atoms with Gasteiger partial charge in [0.25, 0.3) is 5.91 Å². The fourth-order valence-electron chi connectivity index (χ4n) is 2.82. The van der Waals surface area contributed by atoms with Crippen LogP contribution in [0.4, 0.5) is 5.69 Å². The van der Waals surface area contributed by atoms with Crippen molar-refractivity contribution in [3.05, 3.63) is 65.2 Å². The smallest absolute Gasteiger partial charge is 0.310 e. The summed E-state index contributed by atoms with van der Waals surface area (Å²) in [6, 6.07) is 15.0. The van der Waals surface area contributed by atoms with Gasteiger partial charge in [-0.05, 0) is 43.4 Å². The Morgan fingerprint density at radius 3 is 2.44 bits per heavy atom. The van der Waals surface area contributed by atoms with Crippen molar-refractivity contribution in [2.24, 2.45) is 11.8 Å². The number of aryl methyl sites for hydroxylation is 2. The molecule has 25 heavy (non-hydrogen) atoms. The molecule has 130 valence electrons. The highest BCUT2D eigenvalue weighted by Crippen LogP contribution is 2.40. The number of esters is 1. The lowest BCUT2D eigenvalue weighted by Crippen LogP contribution is -2.27. The highest BCUT2D eigenvalue weighted by Gasteiger charge is 2.42. The molecule has 0 bridgehead atoms. The minimum atomic E-state index is -0.943. The average molecular weight is 337 g/mol. The number of anilines is 1. The van der Waals surface area contributed by atoms with Crippen LogP contribution in [0.2, 0.25) is 0 Å². The molecule has 3 rings (SSSR count). The first-order valence-electron chi connectivity index (χ1n) is 8.59. The summed E-state index contributed by atoms with van der Waals surface area (Å²) in [4.78, 5) is 25.1. The quantitative estimate of drug-likeness (QED) is 0.833. The van der Waals surface area contributed by atoms with Crippen LogP contribution >= 0.6 is 0 Å². The lowest BCUT2D eigenvalue weighted by atomic mass is 10.1. The van der Waals surface area contributed by atoms with Gasteiger partial charge in [-0.3, -0.25) is 9.59 Å². The molecule has 2 aromatic rings. The van der Waals surface area contributed by atoms with Crippen molar-refractivity contribution >= 4 is 17.6 Å². The maximum atomic E-state index is 12.8. The summed E-state index contributed by atoms with van der Waals surface area (Å²) in [6.07, 6.45) is -0.111. The van der Waals surface area contributed by atoms with Gasteiger partial charge in [-0.1, -0.05) is 49.4 Å². The van der Waals surface area contributed by atoms with Crippen molar-refractivity contribution < 1.29 is 14.3 Å². The molecule has 4 heteroatoms. The van der Waals surface area contributed by atoms with Crippen molar-refractivity contribution in [2.75, 3.05) is 5.32 Å². The van der Waals surface area contributed by atoms with Gasteiger partial charge in [0, 0.05) is 11.3 Å². The zero-order valence-electron chi connectivity index (χ0n) is 14.8. The van der Waals surface area contributed by atoms with E-state index in [0.29, 0.717) is 11.5 Å². The first-order chi connectivity index (χ1) is 12.0. The maximum absolute atomic E-state index is 12.8. The molecule has 0 heterocycles. The Labute approximate surface area is 148 Å². The summed E-state index contributed by atoms with van der Waals surface area (Å²) in [5.41, 5.74) is 3.43. The first-order valence-corrected chi connectivity index (χ1v) is 8.59. The van der Waals surface area contributed by atoms with Crippen molar-refractivity contribution in [1.29, 1.82) is 0 Å². The standard InChI is InChI=1S/C21H23NO3/c1-13-9-10-14(2)18(11-13)22-20(23)19(16-7-5-4-6-8-16)25-21(24)17-12-15(17)3/h4-11,15,17,19H,12H2,1-3H3,(H,22,23). The first kappa shape index (κ1) is 17.2. The largest absolute Gasteiger partial charge is 0.447 e. The second-order valence-corrected chi connectivity index (χ2v) is 6.85. The summed E-state index contributed by atoms with van der Waals surface area (Å²) in [5, 5.41) is 2.91.